The second-order valence-electron chi connectivity index (χ2n) is 5.57. The lowest BCUT2D eigenvalue weighted by molar-refractivity contribution is -0.124. The third-order valence-corrected chi connectivity index (χ3v) is 2.25. The number of carbonyl (C=O) groups is 2. The number of rotatable bonds is 4. The Kier molecular flexibility index (Phi) is 5.32. The maximum Gasteiger partial charge on any atom is 0.408 e. The molecule has 0 saturated carbocycles. The lowest BCUT2D eigenvalue weighted by Gasteiger charge is -2.32. The molecule has 106 valence electrons. The molecule has 0 saturated heterocycles. The van der Waals surface area contributed by atoms with Gasteiger partial charge in [0.05, 0.1) is 0 Å². The van der Waals surface area contributed by atoms with Gasteiger partial charge in [0.1, 0.15) is 15.5 Å². The zero-order valence-corrected chi connectivity index (χ0v) is 12.8. The van der Waals surface area contributed by atoms with Crippen LogP contribution < -0.4 is 11.1 Å². The molecule has 7 heteroatoms. The molecule has 0 unspecified atom stereocenters. The van der Waals surface area contributed by atoms with Crippen LogP contribution in [-0.4, -0.2) is 27.5 Å². The molecule has 0 rings (SSSR count). The zero-order valence-electron chi connectivity index (χ0n) is 11.3. The summed E-state index contributed by atoms with van der Waals surface area (Å²) in [5.74, 6) is -0.735. The lowest BCUT2D eigenvalue weighted by atomic mass is 9.95. The highest BCUT2D eigenvalue weighted by molar-refractivity contribution is 6.48. The number of halogens is 2. The van der Waals surface area contributed by atoms with Gasteiger partial charge < -0.3 is 15.8 Å². The van der Waals surface area contributed by atoms with Crippen molar-refractivity contribution >= 4 is 35.2 Å². The molecule has 0 bridgehead atoms. The highest BCUT2D eigenvalue weighted by Gasteiger charge is 2.40. The molecule has 0 aromatic rings. The molecule has 0 aliphatic heterocycles. The van der Waals surface area contributed by atoms with E-state index in [9.17, 15) is 9.59 Å². The molecule has 0 aliphatic rings. The van der Waals surface area contributed by atoms with Crippen LogP contribution in [-0.2, 0) is 9.53 Å². The van der Waals surface area contributed by atoms with Crippen LogP contribution in [0.25, 0.3) is 0 Å². The number of primary amides is 1. The van der Waals surface area contributed by atoms with Gasteiger partial charge in [-0.05, 0) is 34.6 Å². The maximum atomic E-state index is 11.6. The van der Waals surface area contributed by atoms with Gasteiger partial charge in [0.2, 0.25) is 5.91 Å². The first-order valence-electron chi connectivity index (χ1n) is 5.44. The lowest BCUT2D eigenvalue weighted by Crippen LogP contribution is -2.58. The van der Waals surface area contributed by atoms with Gasteiger partial charge >= 0.3 is 6.09 Å². The third-order valence-electron chi connectivity index (χ3n) is 1.98. The molecule has 0 fully saturated rings. The Bertz CT molecular complexity index is 334. The molecular formula is C11H20Cl2N2O3. The average Bonchev–Trinajstić information content (AvgIpc) is 1.94. The summed E-state index contributed by atoms with van der Waals surface area (Å²) < 4.78 is 3.86. The monoisotopic (exact) mass is 298 g/mol. The third kappa shape index (κ3) is 6.91. The van der Waals surface area contributed by atoms with E-state index in [0.29, 0.717) is 0 Å². The van der Waals surface area contributed by atoms with Crippen molar-refractivity contribution in [3.05, 3.63) is 0 Å². The van der Waals surface area contributed by atoms with E-state index in [4.69, 9.17) is 33.7 Å². The molecule has 0 heterocycles. The van der Waals surface area contributed by atoms with E-state index in [1.807, 2.05) is 0 Å². The van der Waals surface area contributed by atoms with Crippen LogP contribution in [0.1, 0.15) is 41.0 Å². The van der Waals surface area contributed by atoms with Gasteiger partial charge in [-0.1, -0.05) is 0 Å². The van der Waals surface area contributed by atoms with Crippen LogP contribution in [0.2, 0.25) is 0 Å². The zero-order chi connectivity index (χ0) is 14.8. The summed E-state index contributed by atoms with van der Waals surface area (Å²) in [4.78, 5) is 23.1. The smallest absolute Gasteiger partial charge is 0.408 e. The first-order chi connectivity index (χ1) is 7.75. The van der Waals surface area contributed by atoms with E-state index in [1.54, 1.807) is 20.8 Å². The number of hydrogen-bond donors (Lipinski definition) is 2. The molecule has 0 spiro atoms. The largest absolute Gasteiger partial charge is 0.444 e. The molecule has 2 amide bonds. The number of hydrogen-bond acceptors (Lipinski definition) is 3. The van der Waals surface area contributed by atoms with Crippen molar-refractivity contribution in [1.82, 2.24) is 5.32 Å². The normalized spacial score (nSPS) is 15.7. The number of ether oxygens (including phenoxy) is 1. The number of carbonyl (C=O) groups excluding carboxylic acids is 2. The minimum Gasteiger partial charge on any atom is -0.444 e. The van der Waals surface area contributed by atoms with Crippen molar-refractivity contribution in [2.75, 3.05) is 0 Å². The van der Waals surface area contributed by atoms with Crippen LogP contribution in [0.5, 0.6) is 0 Å². The summed E-state index contributed by atoms with van der Waals surface area (Å²) >= 11 is 11.7. The number of alkyl carbamates (subject to hydrolysis) is 1. The Labute approximate surface area is 117 Å². The van der Waals surface area contributed by atoms with Gasteiger partial charge in [-0.2, -0.15) is 0 Å². The Morgan fingerprint density at radius 2 is 1.61 bits per heavy atom. The summed E-state index contributed by atoms with van der Waals surface area (Å²) in [6, 6.07) is 0. The van der Waals surface area contributed by atoms with Gasteiger partial charge in [-0.3, -0.25) is 4.79 Å². The first-order valence-corrected chi connectivity index (χ1v) is 6.20. The van der Waals surface area contributed by atoms with Crippen LogP contribution in [0.3, 0.4) is 0 Å². The van der Waals surface area contributed by atoms with E-state index < -0.39 is 27.5 Å². The topological polar surface area (TPSA) is 81.4 Å². The highest BCUT2D eigenvalue weighted by Crippen LogP contribution is 2.30. The molecule has 0 radical (unpaired) electrons. The Hall–Kier alpha value is -0.680. The molecule has 0 aliphatic carbocycles. The number of nitrogens with two attached hydrogens (primary N) is 1. The SMILES string of the molecule is CC(Cl)(Cl)C[C@](C)(NC(=O)OC(C)(C)C)C(N)=O. The van der Waals surface area contributed by atoms with Crippen molar-refractivity contribution in [1.29, 1.82) is 0 Å². The van der Waals surface area contributed by atoms with E-state index in [-0.39, 0.29) is 6.42 Å². The first kappa shape index (κ1) is 17.3. The maximum absolute atomic E-state index is 11.6. The van der Waals surface area contributed by atoms with Gasteiger partial charge in [0.15, 0.2) is 0 Å². The quantitative estimate of drug-likeness (QED) is 0.782. The summed E-state index contributed by atoms with van der Waals surface area (Å²) in [6.07, 6.45) is -0.779. The van der Waals surface area contributed by atoms with Gasteiger partial charge in [-0.15, -0.1) is 23.2 Å². The number of alkyl halides is 2. The molecule has 0 aromatic heterocycles. The minimum atomic E-state index is -1.37. The molecular weight excluding hydrogens is 279 g/mol. The van der Waals surface area contributed by atoms with Gasteiger partial charge in [0.25, 0.3) is 0 Å². The van der Waals surface area contributed by atoms with Crippen LogP contribution in [0, 0.1) is 0 Å². The molecule has 3 N–H and O–H groups in total. The van der Waals surface area contributed by atoms with Gasteiger partial charge in [-0.25, -0.2) is 4.79 Å². The molecule has 1 atom stereocenters. The fourth-order valence-electron chi connectivity index (χ4n) is 1.34. The fourth-order valence-corrected chi connectivity index (χ4v) is 1.88. The number of nitrogens with one attached hydrogen (secondary N) is 1. The standard InChI is InChI=1S/C11H20Cl2N2O3/c1-9(2,3)18-8(17)15-10(4,7(14)16)6-11(5,12)13/h6H2,1-5H3,(H2,14,16)(H,15,17)/t10-/m0/s1. The average molecular weight is 299 g/mol. The van der Waals surface area contributed by atoms with Gasteiger partial charge in [0, 0.05) is 6.42 Å². The molecule has 0 aromatic carbocycles. The minimum absolute atomic E-state index is 0.0301. The van der Waals surface area contributed by atoms with Crippen molar-refractivity contribution in [3.63, 3.8) is 0 Å². The van der Waals surface area contributed by atoms with Crippen LogP contribution >= 0.6 is 23.2 Å². The predicted molar refractivity (Wildman–Crippen MR) is 71.7 cm³/mol. The summed E-state index contributed by atoms with van der Waals surface area (Å²) in [6.45, 7) is 8.08. The highest BCUT2D eigenvalue weighted by atomic mass is 35.5. The summed E-state index contributed by atoms with van der Waals surface area (Å²) in [5.41, 5.74) is 3.22. The second-order valence-corrected chi connectivity index (χ2v) is 7.43. The fraction of sp³-hybridized carbons (Fsp3) is 0.818. The van der Waals surface area contributed by atoms with Crippen molar-refractivity contribution in [2.45, 2.75) is 56.5 Å². The number of amides is 2. The Balaban J connectivity index is 4.84. The van der Waals surface area contributed by atoms with Crippen molar-refractivity contribution in [3.8, 4) is 0 Å². The Morgan fingerprint density at radius 3 is 1.89 bits per heavy atom. The predicted octanol–water partition coefficient (Wildman–Crippen LogP) is 2.34. The molecule has 5 nitrogen and oxygen atoms in total. The van der Waals surface area contributed by atoms with Crippen LogP contribution in [0.4, 0.5) is 4.79 Å². The second kappa shape index (κ2) is 5.53. The van der Waals surface area contributed by atoms with Crippen molar-refractivity contribution < 1.29 is 14.3 Å². The van der Waals surface area contributed by atoms with E-state index >= 15 is 0 Å². The summed E-state index contributed by atoms with van der Waals surface area (Å²) in [7, 11) is 0. The van der Waals surface area contributed by atoms with Crippen LogP contribution in [0.15, 0.2) is 0 Å². The van der Waals surface area contributed by atoms with Crippen molar-refractivity contribution in [2.24, 2.45) is 5.73 Å². The van der Waals surface area contributed by atoms with E-state index in [0.717, 1.165) is 0 Å². The molecule has 18 heavy (non-hydrogen) atoms. The van der Waals surface area contributed by atoms with E-state index in [1.165, 1.54) is 13.8 Å². The van der Waals surface area contributed by atoms with E-state index in [2.05, 4.69) is 5.32 Å². The Morgan fingerprint density at radius 1 is 1.17 bits per heavy atom. The summed E-state index contributed by atoms with van der Waals surface area (Å²) in [5, 5.41) is 2.40.